The maximum absolute atomic E-state index is 10.5. The molecule has 0 saturated carbocycles. The molecule has 2 rings (SSSR count). The van der Waals surface area contributed by atoms with Crippen LogP contribution in [0.5, 0.6) is 0 Å². The van der Waals surface area contributed by atoms with Crippen molar-refractivity contribution in [3.8, 4) is 0 Å². The van der Waals surface area contributed by atoms with Crippen molar-refractivity contribution in [2.24, 2.45) is 0 Å². The summed E-state index contributed by atoms with van der Waals surface area (Å²) in [6.45, 7) is 2.08. The molecule has 0 bridgehead atoms. The number of aromatic nitrogens is 4. The predicted octanol–water partition coefficient (Wildman–Crippen LogP) is 0.321. The number of furan rings is 1. The van der Waals surface area contributed by atoms with Gasteiger partial charge in [-0.3, -0.25) is 0 Å². The first-order valence-electron chi connectivity index (χ1n) is 4.21. The number of hydrogen-bond donors (Lipinski definition) is 1. The summed E-state index contributed by atoms with van der Waals surface area (Å²) in [7, 11) is 0. The summed E-state index contributed by atoms with van der Waals surface area (Å²) >= 11 is 0. The Kier molecular flexibility index (Phi) is 2.20. The van der Waals surface area contributed by atoms with E-state index in [1.54, 1.807) is 13.0 Å². The van der Waals surface area contributed by atoms with Crippen molar-refractivity contribution in [2.75, 3.05) is 0 Å². The molecule has 0 spiro atoms. The van der Waals surface area contributed by atoms with E-state index in [4.69, 9.17) is 9.52 Å². The first kappa shape index (κ1) is 9.38. The summed E-state index contributed by atoms with van der Waals surface area (Å²) in [6, 6.07) is 2.99. The second-order valence-corrected chi connectivity index (χ2v) is 2.95. The zero-order valence-electron chi connectivity index (χ0n) is 7.91. The quantitative estimate of drug-likeness (QED) is 0.780. The van der Waals surface area contributed by atoms with Crippen molar-refractivity contribution in [1.82, 2.24) is 20.2 Å². The first-order chi connectivity index (χ1) is 7.16. The molecule has 0 amide bonds. The van der Waals surface area contributed by atoms with Crippen LogP contribution in [0.2, 0.25) is 0 Å². The van der Waals surface area contributed by atoms with Crippen LogP contribution in [0.4, 0.5) is 0 Å². The lowest BCUT2D eigenvalue weighted by atomic mass is 10.4. The van der Waals surface area contributed by atoms with Crippen LogP contribution in [0, 0.1) is 6.92 Å². The average Bonchev–Trinajstić information content (AvgIpc) is 2.77. The lowest BCUT2D eigenvalue weighted by Crippen LogP contribution is -2.03. The van der Waals surface area contributed by atoms with E-state index in [0.717, 1.165) is 0 Å². The smallest absolute Gasteiger partial charge is 0.371 e. The standard InChI is InChI=1S/C8H8N4O3/c1-5-9-10-11-12(5)4-6-2-3-7(15-6)8(13)14/h2-3H,4H2,1H3,(H,13,14). The van der Waals surface area contributed by atoms with Gasteiger partial charge in [0.1, 0.15) is 18.1 Å². The highest BCUT2D eigenvalue weighted by Gasteiger charge is 2.10. The molecule has 0 aromatic carbocycles. The highest BCUT2D eigenvalue weighted by atomic mass is 16.4. The molecule has 15 heavy (non-hydrogen) atoms. The molecule has 1 N–H and O–H groups in total. The van der Waals surface area contributed by atoms with E-state index in [1.807, 2.05) is 0 Å². The molecular weight excluding hydrogens is 200 g/mol. The average molecular weight is 208 g/mol. The van der Waals surface area contributed by atoms with E-state index in [-0.39, 0.29) is 5.76 Å². The largest absolute Gasteiger partial charge is 0.475 e. The van der Waals surface area contributed by atoms with Crippen molar-refractivity contribution in [2.45, 2.75) is 13.5 Å². The number of aromatic carboxylic acids is 1. The Bertz CT molecular complexity index is 488. The molecule has 0 saturated heterocycles. The highest BCUT2D eigenvalue weighted by Crippen LogP contribution is 2.09. The Morgan fingerprint density at radius 1 is 1.60 bits per heavy atom. The molecule has 78 valence electrons. The fraction of sp³-hybridized carbons (Fsp3) is 0.250. The summed E-state index contributed by atoms with van der Waals surface area (Å²) in [5, 5.41) is 19.5. The van der Waals surface area contributed by atoms with Gasteiger partial charge in [0.05, 0.1) is 0 Å². The first-order valence-corrected chi connectivity index (χ1v) is 4.21. The van der Waals surface area contributed by atoms with Gasteiger partial charge in [-0.2, -0.15) is 0 Å². The SMILES string of the molecule is Cc1nnnn1Cc1ccc(C(=O)O)o1. The summed E-state index contributed by atoms with van der Waals surface area (Å²) in [4.78, 5) is 10.5. The maximum Gasteiger partial charge on any atom is 0.371 e. The maximum atomic E-state index is 10.5. The van der Waals surface area contributed by atoms with Crippen molar-refractivity contribution in [3.05, 3.63) is 29.5 Å². The van der Waals surface area contributed by atoms with Crippen LogP contribution in [-0.4, -0.2) is 31.3 Å². The summed E-state index contributed by atoms with van der Waals surface area (Å²) in [6.07, 6.45) is 0. The predicted molar refractivity (Wildman–Crippen MR) is 47.3 cm³/mol. The van der Waals surface area contributed by atoms with E-state index < -0.39 is 5.97 Å². The normalized spacial score (nSPS) is 10.5. The van der Waals surface area contributed by atoms with Crippen molar-refractivity contribution < 1.29 is 14.3 Å². The number of carboxylic acids is 1. The number of carbonyl (C=O) groups is 1. The topological polar surface area (TPSA) is 94.0 Å². The van der Waals surface area contributed by atoms with Crippen LogP contribution in [0.25, 0.3) is 0 Å². The molecule has 0 atom stereocenters. The van der Waals surface area contributed by atoms with Crippen molar-refractivity contribution >= 4 is 5.97 Å². The minimum Gasteiger partial charge on any atom is -0.475 e. The lowest BCUT2D eigenvalue weighted by molar-refractivity contribution is 0.0660. The third-order valence-corrected chi connectivity index (χ3v) is 1.89. The van der Waals surface area contributed by atoms with E-state index in [0.29, 0.717) is 18.1 Å². The van der Waals surface area contributed by atoms with E-state index in [9.17, 15) is 4.79 Å². The van der Waals surface area contributed by atoms with Crippen molar-refractivity contribution in [1.29, 1.82) is 0 Å². The van der Waals surface area contributed by atoms with Crippen LogP contribution < -0.4 is 0 Å². The highest BCUT2D eigenvalue weighted by molar-refractivity contribution is 5.84. The Balaban J connectivity index is 2.18. The van der Waals surface area contributed by atoms with Gasteiger partial charge in [-0.25, -0.2) is 9.48 Å². The third kappa shape index (κ3) is 1.85. The summed E-state index contributed by atoms with van der Waals surface area (Å²) in [5.74, 6) is -0.0310. The molecule has 0 unspecified atom stereocenters. The molecule has 0 aliphatic heterocycles. The number of hydrogen-bond acceptors (Lipinski definition) is 5. The zero-order chi connectivity index (χ0) is 10.8. The van der Waals surface area contributed by atoms with E-state index in [2.05, 4.69) is 15.5 Å². The van der Waals surface area contributed by atoms with Gasteiger partial charge in [-0.1, -0.05) is 0 Å². The molecule has 0 aliphatic rings. The zero-order valence-corrected chi connectivity index (χ0v) is 7.91. The molecule has 0 radical (unpaired) electrons. The summed E-state index contributed by atoms with van der Waals surface area (Å²) in [5.41, 5.74) is 0. The molecule has 2 heterocycles. The fourth-order valence-corrected chi connectivity index (χ4v) is 1.12. The van der Waals surface area contributed by atoms with Gasteiger partial charge >= 0.3 is 5.97 Å². The van der Waals surface area contributed by atoms with Crippen LogP contribution in [0.3, 0.4) is 0 Å². The second kappa shape index (κ2) is 3.52. The molecule has 7 heteroatoms. The molecule has 7 nitrogen and oxygen atoms in total. The molecule has 2 aromatic heterocycles. The summed E-state index contributed by atoms with van der Waals surface area (Å²) < 4.78 is 6.58. The Morgan fingerprint density at radius 3 is 2.93 bits per heavy atom. The number of nitrogens with zero attached hydrogens (tertiary/aromatic N) is 4. The minimum absolute atomic E-state index is 0.0873. The van der Waals surface area contributed by atoms with Gasteiger partial charge in [0, 0.05) is 0 Å². The number of carboxylic acid groups (broad SMARTS) is 1. The molecule has 2 aromatic rings. The van der Waals surface area contributed by atoms with Crippen LogP contribution >= 0.6 is 0 Å². The van der Waals surface area contributed by atoms with Gasteiger partial charge in [0.2, 0.25) is 5.76 Å². The monoisotopic (exact) mass is 208 g/mol. The fourth-order valence-electron chi connectivity index (χ4n) is 1.12. The lowest BCUT2D eigenvalue weighted by Gasteiger charge is -1.97. The molecular formula is C8H8N4O3. The Hall–Kier alpha value is -2.18. The van der Waals surface area contributed by atoms with Gasteiger partial charge in [0.25, 0.3) is 0 Å². The van der Waals surface area contributed by atoms with Crippen LogP contribution in [0.1, 0.15) is 22.1 Å². The second-order valence-electron chi connectivity index (χ2n) is 2.95. The number of tetrazole rings is 1. The minimum atomic E-state index is -1.09. The Morgan fingerprint density at radius 2 is 2.40 bits per heavy atom. The van der Waals surface area contributed by atoms with Crippen LogP contribution in [0.15, 0.2) is 16.5 Å². The van der Waals surface area contributed by atoms with Crippen LogP contribution in [-0.2, 0) is 6.54 Å². The number of rotatable bonds is 3. The van der Waals surface area contributed by atoms with Gasteiger partial charge in [-0.15, -0.1) is 5.10 Å². The number of aryl methyl sites for hydroxylation is 1. The van der Waals surface area contributed by atoms with Crippen molar-refractivity contribution in [3.63, 3.8) is 0 Å². The van der Waals surface area contributed by atoms with E-state index >= 15 is 0 Å². The van der Waals surface area contributed by atoms with E-state index in [1.165, 1.54) is 10.7 Å². The third-order valence-electron chi connectivity index (χ3n) is 1.89. The molecule has 0 aliphatic carbocycles. The van der Waals surface area contributed by atoms with Gasteiger partial charge in [-0.05, 0) is 29.5 Å². The van der Waals surface area contributed by atoms with Gasteiger partial charge < -0.3 is 9.52 Å². The molecule has 0 fully saturated rings. The van der Waals surface area contributed by atoms with Gasteiger partial charge in [0.15, 0.2) is 0 Å². The Labute approximate surface area is 84.3 Å².